The topological polar surface area (TPSA) is 58.0 Å². The molecule has 0 saturated carbocycles. The molecule has 0 aliphatic heterocycles. The molecular formula is C9H16N2O2. The Balaban J connectivity index is 3.07. The van der Waals surface area contributed by atoms with Crippen molar-refractivity contribution in [3.8, 4) is 0 Å². The van der Waals surface area contributed by atoms with Crippen molar-refractivity contribution in [2.75, 3.05) is 6.61 Å². The summed E-state index contributed by atoms with van der Waals surface area (Å²) in [5.41, 5.74) is 0.365. The smallest absolute Gasteiger partial charge is 0.270 e. The summed E-state index contributed by atoms with van der Waals surface area (Å²) in [6.07, 6.45) is 2.07. The largest absolute Gasteiger partial charge is 0.396 e. The highest BCUT2D eigenvalue weighted by atomic mass is 16.3. The summed E-state index contributed by atoms with van der Waals surface area (Å²) in [7, 11) is 0. The van der Waals surface area contributed by atoms with Gasteiger partial charge in [0.05, 0.1) is 5.54 Å². The molecule has 0 saturated heterocycles. The number of nitrogens with one attached hydrogen (secondary N) is 1. The van der Waals surface area contributed by atoms with Gasteiger partial charge >= 0.3 is 0 Å². The number of aliphatic hydroxyl groups excluding tert-OH is 1. The summed E-state index contributed by atoms with van der Waals surface area (Å²) in [4.78, 5) is 11.6. The Kier molecular flexibility index (Phi) is 2.61. The molecule has 0 atom stereocenters. The molecule has 0 aromatic carbocycles. The van der Waals surface area contributed by atoms with Crippen LogP contribution in [0.4, 0.5) is 0 Å². The Morgan fingerprint density at radius 1 is 1.54 bits per heavy atom. The molecule has 0 unspecified atom stereocenters. The van der Waals surface area contributed by atoms with Crippen LogP contribution in [0.15, 0.2) is 11.0 Å². The average molecular weight is 184 g/mol. The zero-order valence-electron chi connectivity index (χ0n) is 8.29. The minimum atomic E-state index is -0.231. The SMILES string of the molecule is CC(C)(C)n1[nH]cc(CCO)c1=O. The third-order valence-corrected chi connectivity index (χ3v) is 1.90. The molecule has 74 valence electrons. The second kappa shape index (κ2) is 3.38. The lowest BCUT2D eigenvalue weighted by Crippen LogP contribution is -2.33. The number of H-pyrrole nitrogens is 1. The van der Waals surface area contributed by atoms with Gasteiger partial charge in [-0.15, -0.1) is 0 Å². The maximum Gasteiger partial charge on any atom is 0.270 e. The predicted octanol–water partition coefficient (Wildman–Crippen LogP) is 0.466. The lowest BCUT2D eigenvalue weighted by Gasteiger charge is -2.18. The van der Waals surface area contributed by atoms with E-state index in [0.717, 1.165) is 0 Å². The molecule has 0 bridgehead atoms. The molecule has 0 aliphatic carbocycles. The molecule has 1 aromatic heterocycles. The van der Waals surface area contributed by atoms with Crippen LogP contribution in [0, 0.1) is 0 Å². The molecule has 1 aromatic rings. The fourth-order valence-electron chi connectivity index (χ4n) is 1.20. The molecule has 0 fully saturated rings. The summed E-state index contributed by atoms with van der Waals surface area (Å²) in [5, 5.41) is 11.6. The number of hydrogen-bond acceptors (Lipinski definition) is 2. The Hall–Kier alpha value is -1.03. The van der Waals surface area contributed by atoms with Crippen molar-refractivity contribution in [2.45, 2.75) is 32.7 Å². The highest BCUT2D eigenvalue weighted by Crippen LogP contribution is 2.09. The Morgan fingerprint density at radius 2 is 2.15 bits per heavy atom. The van der Waals surface area contributed by atoms with E-state index >= 15 is 0 Å². The van der Waals surface area contributed by atoms with Gasteiger partial charge in [0.25, 0.3) is 5.56 Å². The average Bonchev–Trinajstić information content (AvgIpc) is 2.32. The minimum Gasteiger partial charge on any atom is -0.396 e. The highest BCUT2D eigenvalue weighted by molar-refractivity contribution is 5.06. The van der Waals surface area contributed by atoms with Crippen LogP contribution in [0.25, 0.3) is 0 Å². The fraction of sp³-hybridized carbons (Fsp3) is 0.667. The molecule has 4 heteroatoms. The van der Waals surface area contributed by atoms with Crippen LogP contribution >= 0.6 is 0 Å². The van der Waals surface area contributed by atoms with E-state index in [1.54, 1.807) is 10.9 Å². The molecule has 0 radical (unpaired) electrons. The van der Waals surface area contributed by atoms with Gasteiger partial charge in [0.2, 0.25) is 0 Å². The first kappa shape index (κ1) is 10.1. The molecule has 0 spiro atoms. The molecule has 0 aliphatic rings. The standard InChI is InChI=1S/C9H16N2O2/c1-9(2,3)11-8(13)7(4-5-12)6-10-11/h6,10,12H,4-5H2,1-3H3. The van der Waals surface area contributed by atoms with E-state index in [0.29, 0.717) is 12.0 Å². The van der Waals surface area contributed by atoms with E-state index in [1.807, 2.05) is 20.8 Å². The number of nitrogens with zero attached hydrogens (tertiary/aromatic N) is 1. The molecule has 1 rings (SSSR count). The van der Waals surface area contributed by atoms with Crippen LogP contribution in [0.1, 0.15) is 26.3 Å². The van der Waals surface area contributed by atoms with Crippen LogP contribution in [-0.4, -0.2) is 21.5 Å². The summed E-state index contributed by atoms with van der Waals surface area (Å²) in [5.74, 6) is 0. The normalized spacial score (nSPS) is 12.0. The van der Waals surface area contributed by atoms with Gasteiger partial charge in [0.1, 0.15) is 0 Å². The van der Waals surface area contributed by atoms with Crippen LogP contribution in [0.5, 0.6) is 0 Å². The third kappa shape index (κ3) is 2.01. The number of aromatic amines is 1. The third-order valence-electron chi connectivity index (χ3n) is 1.90. The summed E-state index contributed by atoms with van der Waals surface area (Å²) >= 11 is 0. The van der Waals surface area contributed by atoms with Gasteiger partial charge in [-0.2, -0.15) is 0 Å². The summed E-state index contributed by atoms with van der Waals surface area (Å²) < 4.78 is 1.57. The van der Waals surface area contributed by atoms with Gasteiger partial charge in [-0.1, -0.05) is 0 Å². The van der Waals surface area contributed by atoms with Crippen molar-refractivity contribution in [3.63, 3.8) is 0 Å². The van der Waals surface area contributed by atoms with Gasteiger partial charge in [-0.3, -0.25) is 4.79 Å². The second-order valence-electron chi connectivity index (χ2n) is 4.08. The lowest BCUT2D eigenvalue weighted by atomic mass is 10.1. The molecule has 4 nitrogen and oxygen atoms in total. The maximum absolute atomic E-state index is 11.6. The zero-order chi connectivity index (χ0) is 10.1. The van der Waals surface area contributed by atoms with Crippen LogP contribution < -0.4 is 5.56 Å². The first-order valence-electron chi connectivity index (χ1n) is 4.37. The maximum atomic E-state index is 11.6. The molecule has 2 N–H and O–H groups in total. The van der Waals surface area contributed by atoms with E-state index in [2.05, 4.69) is 5.10 Å². The van der Waals surface area contributed by atoms with Gasteiger partial charge in [0, 0.05) is 24.8 Å². The minimum absolute atomic E-state index is 0.0111. The predicted molar refractivity (Wildman–Crippen MR) is 50.8 cm³/mol. The van der Waals surface area contributed by atoms with Gasteiger partial charge in [0.15, 0.2) is 0 Å². The number of rotatable bonds is 2. The van der Waals surface area contributed by atoms with E-state index < -0.39 is 0 Å². The lowest BCUT2D eigenvalue weighted by molar-refractivity contribution is 0.298. The van der Waals surface area contributed by atoms with Crippen molar-refractivity contribution in [1.82, 2.24) is 9.78 Å². The van der Waals surface area contributed by atoms with Gasteiger partial charge in [-0.05, 0) is 20.8 Å². The first-order chi connectivity index (χ1) is 5.96. The number of aliphatic hydroxyl groups is 1. The molecule has 1 heterocycles. The van der Waals surface area contributed by atoms with Crippen LogP contribution in [0.2, 0.25) is 0 Å². The quantitative estimate of drug-likeness (QED) is 0.701. The van der Waals surface area contributed by atoms with Crippen molar-refractivity contribution < 1.29 is 5.11 Å². The number of hydrogen-bond donors (Lipinski definition) is 2. The second-order valence-corrected chi connectivity index (χ2v) is 4.08. The van der Waals surface area contributed by atoms with Crippen LogP contribution in [0.3, 0.4) is 0 Å². The Bertz CT molecular complexity index is 330. The van der Waals surface area contributed by atoms with Crippen molar-refractivity contribution in [1.29, 1.82) is 0 Å². The van der Waals surface area contributed by atoms with Crippen molar-refractivity contribution in [2.24, 2.45) is 0 Å². The van der Waals surface area contributed by atoms with E-state index in [1.165, 1.54) is 0 Å². The highest BCUT2D eigenvalue weighted by Gasteiger charge is 2.17. The van der Waals surface area contributed by atoms with Crippen LogP contribution in [-0.2, 0) is 12.0 Å². The fourth-order valence-corrected chi connectivity index (χ4v) is 1.20. The Morgan fingerprint density at radius 3 is 2.54 bits per heavy atom. The van der Waals surface area contributed by atoms with E-state index in [4.69, 9.17) is 5.11 Å². The molecule has 13 heavy (non-hydrogen) atoms. The van der Waals surface area contributed by atoms with Crippen molar-refractivity contribution >= 4 is 0 Å². The Labute approximate surface area is 77.2 Å². The zero-order valence-corrected chi connectivity index (χ0v) is 8.29. The van der Waals surface area contributed by atoms with E-state index in [-0.39, 0.29) is 17.7 Å². The molecular weight excluding hydrogens is 168 g/mol. The summed E-state index contributed by atoms with van der Waals surface area (Å²) in [6, 6.07) is 0. The molecule has 0 amide bonds. The number of aromatic nitrogens is 2. The van der Waals surface area contributed by atoms with Gasteiger partial charge in [-0.25, -0.2) is 4.68 Å². The van der Waals surface area contributed by atoms with Gasteiger partial charge < -0.3 is 10.2 Å². The summed E-state index contributed by atoms with van der Waals surface area (Å²) in [6.45, 7) is 5.87. The monoisotopic (exact) mass is 184 g/mol. The van der Waals surface area contributed by atoms with E-state index in [9.17, 15) is 4.79 Å². The first-order valence-corrected chi connectivity index (χ1v) is 4.37. The van der Waals surface area contributed by atoms with Crippen molar-refractivity contribution in [3.05, 3.63) is 22.1 Å².